The van der Waals surface area contributed by atoms with Gasteiger partial charge < -0.3 is 0 Å². The third-order valence-electron chi connectivity index (χ3n) is 1.86. The number of nitrogens with zero attached hydrogens (tertiary/aromatic N) is 1. The molecule has 0 saturated carbocycles. The maximum Gasteiger partial charge on any atom is 0.0746 e. The van der Waals surface area contributed by atoms with E-state index in [1.165, 1.54) is 0 Å². The van der Waals surface area contributed by atoms with E-state index in [0.29, 0.717) is 5.02 Å². The molecule has 59 valence electrons. The van der Waals surface area contributed by atoms with E-state index in [1.807, 2.05) is 25.1 Å². The van der Waals surface area contributed by atoms with Crippen molar-refractivity contribution in [2.75, 3.05) is 0 Å². The summed E-state index contributed by atoms with van der Waals surface area (Å²) in [7, 11) is 0. The summed E-state index contributed by atoms with van der Waals surface area (Å²) in [5, 5.41) is 1.61. The molecule has 0 spiro atoms. The van der Waals surface area contributed by atoms with Gasteiger partial charge in [0.25, 0.3) is 0 Å². The molecule has 2 rings (SSSR count). The van der Waals surface area contributed by atoms with Crippen LogP contribution < -0.4 is 0 Å². The summed E-state index contributed by atoms with van der Waals surface area (Å²) in [4.78, 5) is 4.20. The first-order chi connectivity index (χ1) is 5.79. The number of para-hydroxylation sites is 1. The Morgan fingerprint density at radius 2 is 2.25 bits per heavy atom. The fraction of sp³-hybridized carbons (Fsp3) is 0.100. The zero-order valence-corrected chi connectivity index (χ0v) is 7.39. The molecule has 12 heavy (non-hydrogen) atoms. The Hall–Kier alpha value is -1.08. The van der Waals surface area contributed by atoms with Gasteiger partial charge in [-0.25, -0.2) is 0 Å². The normalized spacial score (nSPS) is 10.5. The van der Waals surface area contributed by atoms with Crippen LogP contribution in [0.3, 0.4) is 0 Å². The molecule has 1 aromatic carbocycles. The minimum absolute atomic E-state index is 0.642. The van der Waals surface area contributed by atoms with Crippen molar-refractivity contribution in [2.45, 2.75) is 6.92 Å². The van der Waals surface area contributed by atoms with Crippen molar-refractivity contribution < 1.29 is 0 Å². The largest absolute Gasteiger partial charge is 0.255 e. The fourth-order valence-electron chi connectivity index (χ4n) is 1.24. The van der Waals surface area contributed by atoms with E-state index in [4.69, 9.17) is 11.6 Å². The molecule has 0 aliphatic rings. The van der Waals surface area contributed by atoms with Crippen molar-refractivity contribution in [3.63, 3.8) is 0 Å². The van der Waals surface area contributed by atoms with Crippen LogP contribution in [0.25, 0.3) is 10.9 Å². The molecule has 1 nitrogen and oxygen atoms in total. The minimum atomic E-state index is 0.642. The average molecular weight is 177 g/mol. The highest BCUT2D eigenvalue weighted by Gasteiger charge is 2.00. The summed E-state index contributed by atoms with van der Waals surface area (Å²) < 4.78 is 0. The molecule has 2 aromatic rings. The summed E-state index contributed by atoms with van der Waals surface area (Å²) in [5.41, 5.74) is 2.10. The van der Waals surface area contributed by atoms with Gasteiger partial charge in [-0.1, -0.05) is 29.8 Å². The van der Waals surface area contributed by atoms with Crippen molar-refractivity contribution in [2.24, 2.45) is 0 Å². The minimum Gasteiger partial charge on any atom is -0.255 e. The highest BCUT2D eigenvalue weighted by atomic mass is 35.5. The quantitative estimate of drug-likeness (QED) is 0.602. The molecular formula is C10H7ClN. The predicted molar refractivity (Wildman–Crippen MR) is 50.3 cm³/mol. The van der Waals surface area contributed by atoms with Crippen LogP contribution in [0.15, 0.2) is 24.4 Å². The van der Waals surface area contributed by atoms with Crippen molar-refractivity contribution in [3.05, 3.63) is 41.0 Å². The smallest absolute Gasteiger partial charge is 0.0746 e. The van der Waals surface area contributed by atoms with Crippen molar-refractivity contribution in [1.82, 2.24) is 4.98 Å². The second kappa shape index (κ2) is 2.76. The Kier molecular flexibility index (Phi) is 1.74. The van der Waals surface area contributed by atoms with E-state index < -0.39 is 0 Å². The molecule has 0 N–H and O–H groups in total. The first-order valence-electron chi connectivity index (χ1n) is 3.70. The van der Waals surface area contributed by atoms with Gasteiger partial charge in [0, 0.05) is 17.6 Å². The van der Waals surface area contributed by atoms with Crippen LogP contribution in [0.4, 0.5) is 0 Å². The van der Waals surface area contributed by atoms with Gasteiger partial charge in [0.2, 0.25) is 0 Å². The summed E-state index contributed by atoms with van der Waals surface area (Å²) >= 11 is 5.93. The number of halogens is 1. The molecular weight excluding hydrogens is 170 g/mol. The molecule has 0 bridgehead atoms. The number of hydrogen-bond donors (Lipinski definition) is 0. The van der Waals surface area contributed by atoms with E-state index >= 15 is 0 Å². The Bertz CT molecular complexity index is 382. The van der Waals surface area contributed by atoms with Crippen LogP contribution in [0.5, 0.6) is 0 Å². The van der Waals surface area contributed by atoms with Crippen molar-refractivity contribution in [1.29, 1.82) is 0 Å². The van der Waals surface area contributed by atoms with Gasteiger partial charge in [0.05, 0.1) is 10.5 Å². The van der Waals surface area contributed by atoms with E-state index in [1.54, 1.807) is 6.20 Å². The van der Waals surface area contributed by atoms with Gasteiger partial charge in [-0.05, 0) is 12.5 Å². The second-order valence-corrected chi connectivity index (χ2v) is 3.07. The maximum absolute atomic E-state index is 5.93. The lowest BCUT2D eigenvalue weighted by Crippen LogP contribution is -1.82. The standard InChI is InChI=1S/C10H7ClN/c1-7-3-2-4-8-9(11)5-6-12-10(7)8/h2-4,6H,1H3. The summed E-state index contributed by atoms with van der Waals surface area (Å²) in [6.07, 6.45) is 1.61. The molecule has 0 amide bonds. The summed E-state index contributed by atoms with van der Waals surface area (Å²) in [6, 6.07) is 8.80. The van der Waals surface area contributed by atoms with Gasteiger partial charge in [-0.15, -0.1) is 0 Å². The third kappa shape index (κ3) is 1.07. The highest BCUT2D eigenvalue weighted by Crippen LogP contribution is 2.22. The first kappa shape index (κ1) is 7.56. The Morgan fingerprint density at radius 1 is 1.42 bits per heavy atom. The molecule has 0 saturated heterocycles. The fourth-order valence-corrected chi connectivity index (χ4v) is 1.44. The zero-order chi connectivity index (χ0) is 8.55. The Labute approximate surface area is 76.0 Å². The van der Waals surface area contributed by atoms with Crippen molar-refractivity contribution in [3.8, 4) is 0 Å². The first-order valence-corrected chi connectivity index (χ1v) is 4.08. The molecule has 2 heteroatoms. The lowest BCUT2D eigenvalue weighted by Gasteiger charge is -2.00. The molecule has 1 heterocycles. The van der Waals surface area contributed by atoms with Crippen LogP contribution in [0.1, 0.15) is 5.56 Å². The summed E-state index contributed by atoms with van der Waals surface area (Å²) in [5.74, 6) is 0. The molecule has 0 aliphatic heterocycles. The third-order valence-corrected chi connectivity index (χ3v) is 2.17. The van der Waals surface area contributed by atoms with Crippen LogP contribution in [-0.4, -0.2) is 4.98 Å². The molecule has 0 atom stereocenters. The van der Waals surface area contributed by atoms with Gasteiger partial charge in [-0.2, -0.15) is 0 Å². The molecule has 0 fully saturated rings. The average Bonchev–Trinajstić information content (AvgIpc) is 2.07. The number of aromatic nitrogens is 1. The van der Waals surface area contributed by atoms with Crippen LogP contribution >= 0.6 is 11.6 Å². The van der Waals surface area contributed by atoms with Gasteiger partial charge in [0.1, 0.15) is 0 Å². The van der Waals surface area contributed by atoms with Gasteiger partial charge in [-0.3, -0.25) is 4.98 Å². The molecule has 1 aromatic heterocycles. The van der Waals surface area contributed by atoms with Gasteiger partial charge >= 0.3 is 0 Å². The monoisotopic (exact) mass is 176 g/mol. The van der Waals surface area contributed by atoms with E-state index in [2.05, 4.69) is 11.1 Å². The Morgan fingerprint density at radius 3 is 3.00 bits per heavy atom. The lowest BCUT2D eigenvalue weighted by molar-refractivity contribution is 1.36. The molecule has 0 unspecified atom stereocenters. The number of benzene rings is 1. The van der Waals surface area contributed by atoms with Crippen LogP contribution in [0, 0.1) is 13.0 Å². The molecule has 1 radical (unpaired) electrons. The van der Waals surface area contributed by atoms with E-state index in [9.17, 15) is 0 Å². The number of fused-ring (bicyclic) bond motifs is 1. The van der Waals surface area contributed by atoms with E-state index in [-0.39, 0.29) is 0 Å². The number of hydrogen-bond acceptors (Lipinski definition) is 1. The van der Waals surface area contributed by atoms with Crippen molar-refractivity contribution >= 4 is 22.5 Å². The van der Waals surface area contributed by atoms with Crippen LogP contribution in [-0.2, 0) is 0 Å². The van der Waals surface area contributed by atoms with E-state index in [0.717, 1.165) is 16.5 Å². The van der Waals surface area contributed by atoms with Gasteiger partial charge in [0.15, 0.2) is 0 Å². The lowest BCUT2D eigenvalue weighted by atomic mass is 10.1. The molecule has 0 aliphatic carbocycles. The number of pyridine rings is 1. The maximum atomic E-state index is 5.93. The Balaban J connectivity index is 2.94. The number of rotatable bonds is 0. The van der Waals surface area contributed by atoms with Crippen LogP contribution in [0.2, 0.25) is 5.02 Å². The topological polar surface area (TPSA) is 12.9 Å². The zero-order valence-electron chi connectivity index (χ0n) is 6.63. The summed E-state index contributed by atoms with van der Waals surface area (Å²) in [6.45, 7) is 2.02. The highest BCUT2D eigenvalue weighted by molar-refractivity contribution is 6.35. The number of aryl methyl sites for hydroxylation is 1. The second-order valence-electron chi connectivity index (χ2n) is 2.69. The SMILES string of the molecule is Cc1cccc2c(Cl)[c]cnc12. The predicted octanol–water partition coefficient (Wildman–Crippen LogP) is 3.00.